The average molecular weight is 391 g/mol. The van der Waals surface area contributed by atoms with Gasteiger partial charge in [-0.3, -0.25) is 0 Å². The number of hydrogen-bond acceptors (Lipinski definition) is 5. The van der Waals surface area contributed by atoms with Crippen molar-refractivity contribution in [2.24, 2.45) is 0 Å². The van der Waals surface area contributed by atoms with Crippen LogP contribution < -0.4 is 14.2 Å². The predicted molar refractivity (Wildman–Crippen MR) is 106 cm³/mol. The minimum absolute atomic E-state index is 0.157. The van der Waals surface area contributed by atoms with Crippen molar-refractivity contribution in [2.75, 3.05) is 26.9 Å². The molecule has 6 heteroatoms. The van der Waals surface area contributed by atoms with Crippen molar-refractivity contribution in [1.29, 1.82) is 0 Å². The van der Waals surface area contributed by atoms with Crippen LogP contribution in [0.2, 0.25) is 5.02 Å². The van der Waals surface area contributed by atoms with Crippen LogP contribution in [0.4, 0.5) is 0 Å². The van der Waals surface area contributed by atoms with Gasteiger partial charge in [0.2, 0.25) is 0 Å². The van der Waals surface area contributed by atoms with Crippen molar-refractivity contribution < 1.29 is 23.7 Å². The first-order valence-electron chi connectivity index (χ1n) is 8.58. The summed E-state index contributed by atoms with van der Waals surface area (Å²) in [7, 11) is 1.52. The molecular weight excluding hydrogens is 368 g/mol. The van der Waals surface area contributed by atoms with Gasteiger partial charge in [0.05, 0.1) is 18.7 Å². The van der Waals surface area contributed by atoms with Crippen LogP contribution in [0.5, 0.6) is 17.2 Å². The first-order valence-corrected chi connectivity index (χ1v) is 8.96. The largest absolute Gasteiger partial charge is 0.491 e. The van der Waals surface area contributed by atoms with E-state index in [0.717, 1.165) is 11.3 Å². The molecule has 0 spiro atoms. The number of halogens is 1. The molecule has 5 nitrogen and oxygen atoms in total. The number of rotatable bonds is 9. The Balaban J connectivity index is 1.87. The Labute approximate surface area is 164 Å². The zero-order valence-electron chi connectivity index (χ0n) is 15.7. The molecule has 0 N–H and O–H groups in total. The number of aryl methyl sites for hydroxylation is 1. The number of methoxy groups -OCH3 is 1. The van der Waals surface area contributed by atoms with Gasteiger partial charge in [-0.1, -0.05) is 23.7 Å². The summed E-state index contributed by atoms with van der Waals surface area (Å²) in [5.41, 5.74) is 1.81. The lowest BCUT2D eigenvalue weighted by molar-refractivity contribution is -0.138. The molecule has 144 valence electrons. The first-order chi connectivity index (χ1) is 13.0. The predicted octanol–water partition coefficient (Wildman–Crippen LogP) is 4.69. The Bertz CT molecular complexity index is 801. The fraction of sp³-hybridized carbons (Fsp3) is 0.286. The van der Waals surface area contributed by atoms with Crippen molar-refractivity contribution >= 4 is 23.6 Å². The summed E-state index contributed by atoms with van der Waals surface area (Å²) < 4.78 is 21.4. The summed E-state index contributed by atoms with van der Waals surface area (Å²) in [5, 5.41) is 0.406. The van der Waals surface area contributed by atoms with Crippen molar-refractivity contribution in [3.05, 3.63) is 58.6 Å². The summed E-state index contributed by atoms with van der Waals surface area (Å²) in [4.78, 5) is 11.8. The van der Waals surface area contributed by atoms with E-state index in [1.807, 2.05) is 38.1 Å². The zero-order chi connectivity index (χ0) is 19.6. The molecule has 0 aliphatic heterocycles. The molecular formula is C21H23ClO5. The van der Waals surface area contributed by atoms with Gasteiger partial charge in [0.15, 0.2) is 11.5 Å². The molecule has 0 unspecified atom stereocenters. The van der Waals surface area contributed by atoms with E-state index in [0.29, 0.717) is 28.7 Å². The van der Waals surface area contributed by atoms with Gasteiger partial charge in [-0.15, -0.1) is 0 Å². The molecule has 0 amide bonds. The molecule has 0 radical (unpaired) electrons. The molecule has 0 atom stereocenters. The lowest BCUT2D eigenvalue weighted by Gasteiger charge is -2.11. The number of ether oxygens (including phenoxy) is 4. The van der Waals surface area contributed by atoms with E-state index in [4.69, 9.17) is 30.5 Å². The summed E-state index contributed by atoms with van der Waals surface area (Å²) in [6.07, 6.45) is 2.94. The molecule has 2 aromatic rings. The van der Waals surface area contributed by atoms with Crippen LogP contribution in [0, 0.1) is 6.92 Å². The van der Waals surface area contributed by atoms with Gasteiger partial charge in [-0.2, -0.15) is 0 Å². The highest BCUT2D eigenvalue weighted by molar-refractivity contribution is 6.32. The first kappa shape index (κ1) is 20.6. The Morgan fingerprint density at radius 3 is 2.67 bits per heavy atom. The minimum atomic E-state index is -0.465. The molecule has 27 heavy (non-hydrogen) atoms. The number of carbonyl (C=O) groups excluding carboxylic acids is 1. The molecule has 0 aliphatic rings. The number of esters is 1. The standard InChI is InChI=1S/C21H23ClO5/c1-4-25-19-14-16(13-18(22)21(19)24-3)8-9-20(23)27-11-10-26-17-7-5-6-15(2)12-17/h5-9,12-14H,4,10-11H2,1-3H3/b9-8+. The van der Waals surface area contributed by atoms with Crippen LogP contribution in [0.3, 0.4) is 0 Å². The quantitative estimate of drug-likeness (QED) is 0.353. The van der Waals surface area contributed by atoms with Gasteiger partial charge in [0.1, 0.15) is 19.0 Å². The van der Waals surface area contributed by atoms with E-state index in [-0.39, 0.29) is 13.2 Å². The van der Waals surface area contributed by atoms with Crippen molar-refractivity contribution in [3.8, 4) is 17.2 Å². The molecule has 0 fully saturated rings. The van der Waals surface area contributed by atoms with Crippen molar-refractivity contribution in [2.45, 2.75) is 13.8 Å². The van der Waals surface area contributed by atoms with E-state index in [2.05, 4.69) is 0 Å². The number of hydrogen-bond donors (Lipinski definition) is 0. The fourth-order valence-electron chi connectivity index (χ4n) is 2.36. The van der Waals surface area contributed by atoms with Crippen LogP contribution in [0.15, 0.2) is 42.5 Å². The third-order valence-corrected chi connectivity index (χ3v) is 3.81. The minimum Gasteiger partial charge on any atom is -0.491 e. The SMILES string of the molecule is CCOc1cc(/C=C/C(=O)OCCOc2cccc(C)c2)cc(Cl)c1OC. The third-order valence-electron chi connectivity index (χ3n) is 3.53. The lowest BCUT2D eigenvalue weighted by Crippen LogP contribution is -2.10. The lowest BCUT2D eigenvalue weighted by atomic mass is 10.2. The number of benzene rings is 2. The van der Waals surface area contributed by atoms with Crippen molar-refractivity contribution in [1.82, 2.24) is 0 Å². The maximum absolute atomic E-state index is 11.8. The monoisotopic (exact) mass is 390 g/mol. The highest BCUT2D eigenvalue weighted by Gasteiger charge is 2.10. The summed E-state index contributed by atoms with van der Waals surface area (Å²) in [6.45, 7) is 4.77. The Morgan fingerprint density at radius 2 is 1.96 bits per heavy atom. The Morgan fingerprint density at radius 1 is 1.15 bits per heavy atom. The van der Waals surface area contributed by atoms with E-state index in [1.54, 1.807) is 18.2 Å². The second-order valence-electron chi connectivity index (χ2n) is 5.63. The Kier molecular flexibility index (Phi) is 8.01. The van der Waals surface area contributed by atoms with E-state index in [9.17, 15) is 4.79 Å². The molecule has 0 saturated carbocycles. The van der Waals surface area contributed by atoms with Crippen LogP contribution >= 0.6 is 11.6 Å². The summed E-state index contributed by atoms with van der Waals surface area (Å²) in [6, 6.07) is 11.1. The van der Waals surface area contributed by atoms with E-state index < -0.39 is 5.97 Å². The zero-order valence-corrected chi connectivity index (χ0v) is 16.4. The summed E-state index contributed by atoms with van der Waals surface area (Å²) in [5.74, 6) is 1.27. The maximum atomic E-state index is 11.8. The second kappa shape index (κ2) is 10.5. The second-order valence-corrected chi connectivity index (χ2v) is 6.04. The van der Waals surface area contributed by atoms with Crippen LogP contribution in [-0.4, -0.2) is 32.9 Å². The molecule has 0 saturated heterocycles. The van der Waals surface area contributed by atoms with Gasteiger partial charge < -0.3 is 18.9 Å². The summed E-state index contributed by atoms with van der Waals surface area (Å²) >= 11 is 6.19. The smallest absolute Gasteiger partial charge is 0.330 e. The highest BCUT2D eigenvalue weighted by atomic mass is 35.5. The molecule has 0 aliphatic carbocycles. The van der Waals surface area contributed by atoms with Gasteiger partial charge in [0.25, 0.3) is 0 Å². The van der Waals surface area contributed by atoms with Gasteiger partial charge >= 0.3 is 5.97 Å². The molecule has 0 heterocycles. The molecule has 2 aromatic carbocycles. The van der Waals surface area contributed by atoms with Gasteiger partial charge in [0, 0.05) is 6.08 Å². The van der Waals surface area contributed by atoms with Crippen molar-refractivity contribution in [3.63, 3.8) is 0 Å². The molecule has 0 aromatic heterocycles. The van der Waals surface area contributed by atoms with Crippen LogP contribution in [-0.2, 0) is 9.53 Å². The Hall–Kier alpha value is -2.66. The van der Waals surface area contributed by atoms with Gasteiger partial charge in [-0.25, -0.2) is 4.79 Å². The highest BCUT2D eigenvalue weighted by Crippen LogP contribution is 2.36. The topological polar surface area (TPSA) is 54.0 Å². The fourth-order valence-corrected chi connectivity index (χ4v) is 2.66. The maximum Gasteiger partial charge on any atom is 0.330 e. The van der Waals surface area contributed by atoms with E-state index in [1.165, 1.54) is 13.2 Å². The normalized spacial score (nSPS) is 10.7. The van der Waals surface area contributed by atoms with E-state index >= 15 is 0 Å². The average Bonchev–Trinajstić information content (AvgIpc) is 2.64. The number of carbonyl (C=O) groups is 1. The van der Waals surface area contributed by atoms with Gasteiger partial charge in [-0.05, 0) is 55.3 Å². The molecule has 0 bridgehead atoms. The van der Waals surface area contributed by atoms with Crippen LogP contribution in [0.1, 0.15) is 18.1 Å². The van der Waals surface area contributed by atoms with Crippen LogP contribution in [0.25, 0.3) is 6.08 Å². The molecule has 2 rings (SSSR count). The third kappa shape index (κ3) is 6.53.